The van der Waals surface area contributed by atoms with E-state index in [1.54, 1.807) is 34.6 Å². The summed E-state index contributed by atoms with van der Waals surface area (Å²) in [5.74, 6) is 0.0544. The van der Waals surface area contributed by atoms with Crippen LogP contribution in [0.3, 0.4) is 0 Å². The van der Waals surface area contributed by atoms with Crippen LogP contribution in [0.4, 0.5) is 9.52 Å². The quantitative estimate of drug-likeness (QED) is 0.486. The maximum Gasteiger partial charge on any atom is 0.293 e. The summed E-state index contributed by atoms with van der Waals surface area (Å²) in [6.07, 6.45) is 1.78. The lowest BCUT2D eigenvalue weighted by Crippen LogP contribution is -2.49. The van der Waals surface area contributed by atoms with Gasteiger partial charge in [-0.15, -0.1) is 27.8 Å². The van der Waals surface area contributed by atoms with E-state index >= 15 is 0 Å². The minimum absolute atomic E-state index is 0.116. The van der Waals surface area contributed by atoms with Gasteiger partial charge in [0.25, 0.3) is 5.91 Å². The molecule has 0 saturated carbocycles. The minimum atomic E-state index is -0.369. The maximum atomic E-state index is 13.8. The third-order valence-electron chi connectivity index (χ3n) is 4.85. The van der Waals surface area contributed by atoms with Crippen LogP contribution in [0.1, 0.15) is 10.6 Å². The van der Waals surface area contributed by atoms with Crippen molar-refractivity contribution in [2.45, 2.75) is 0 Å². The van der Waals surface area contributed by atoms with Crippen LogP contribution in [0.25, 0.3) is 16.4 Å². The van der Waals surface area contributed by atoms with E-state index in [0.29, 0.717) is 37.7 Å². The molecule has 0 bridgehead atoms. The molecule has 10 heteroatoms. The number of rotatable bonds is 4. The fourth-order valence-corrected chi connectivity index (χ4v) is 4.77. The van der Waals surface area contributed by atoms with Crippen LogP contribution in [-0.4, -0.2) is 56.7 Å². The Bertz CT molecular complexity index is 1150. The molecule has 3 aromatic heterocycles. The molecule has 5 rings (SSSR count). The van der Waals surface area contributed by atoms with E-state index in [1.807, 2.05) is 22.9 Å². The molecule has 1 aliphatic rings. The Labute approximate surface area is 180 Å². The highest BCUT2D eigenvalue weighted by Gasteiger charge is 2.27. The number of amides is 1. The standard InChI is InChI=1S/C20H17FN6OS2/c21-14-3-1-4-15(13-14)27-18(16-5-2-11-29-16)23-17(24-27)19(28)25-7-9-26(10-8-25)20-22-6-12-30-20/h1-6,11-13H,7-10H2. The lowest BCUT2D eigenvalue weighted by atomic mass is 10.3. The highest BCUT2D eigenvalue weighted by Crippen LogP contribution is 2.26. The Morgan fingerprint density at radius 2 is 1.90 bits per heavy atom. The fourth-order valence-electron chi connectivity index (χ4n) is 3.37. The summed E-state index contributed by atoms with van der Waals surface area (Å²) < 4.78 is 15.3. The molecule has 1 fully saturated rings. The molecule has 30 heavy (non-hydrogen) atoms. The van der Waals surface area contributed by atoms with Crippen LogP contribution in [0, 0.1) is 5.82 Å². The number of anilines is 1. The van der Waals surface area contributed by atoms with Gasteiger partial charge in [-0.3, -0.25) is 4.79 Å². The molecule has 0 radical (unpaired) electrons. The van der Waals surface area contributed by atoms with E-state index in [0.717, 1.165) is 10.0 Å². The first-order valence-corrected chi connectivity index (χ1v) is 11.2. The van der Waals surface area contributed by atoms with E-state index in [1.165, 1.54) is 28.2 Å². The van der Waals surface area contributed by atoms with Gasteiger partial charge in [0.15, 0.2) is 11.0 Å². The summed E-state index contributed by atoms with van der Waals surface area (Å²) >= 11 is 3.09. The van der Waals surface area contributed by atoms with E-state index in [2.05, 4.69) is 20.0 Å². The second-order valence-electron chi connectivity index (χ2n) is 6.72. The van der Waals surface area contributed by atoms with Gasteiger partial charge in [-0.2, -0.15) is 0 Å². The van der Waals surface area contributed by atoms with Gasteiger partial charge in [0.2, 0.25) is 5.82 Å². The van der Waals surface area contributed by atoms with Gasteiger partial charge in [0.05, 0.1) is 10.6 Å². The SMILES string of the molecule is O=C(c1nc(-c2cccs2)n(-c2cccc(F)c2)n1)N1CCN(c2nccs2)CC1. The second kappa shape index (κ2) is 7.96. The van der Waals surface area contributed by atoms with Gasteiger partial charge in [0.1, 0.15) is 5.82 Å². The number of benzene rings is 1. The summed E-state index contributed by atoms with van der Waals surface area (Å²) in [6.45, 7) is 2.56. The minimum Gasteiger partial charge on any atom is -0.345 e. The molecule has 1 aromatic carbocycles. The zero-order chi connectivity index (χ0) is 20.5. The van der Waals surface area contributed by atoms with Gasteiger partial charge in [-0.25, -0.2) is 19.0 Å². The average Bonchev–Trinajstić information content (AvgIpc) is 3.55. The predicted octanol–water partition coefficient (Wildman–Crippen LogP) is 3.55. The van der Waals surface area contributed by atoms with Crippen LogP contribution in [0.15, 0.2) is 53.4 Å². The van der Waals surface area contributed by atoms with E-state index < -0.39 is 0 Å². The Balaban J connectivity index is 1.42. The highest BCUT2D eigenvalue weighted by atomic mass is 32.1. The monoisotopic (exact) mass is 440 g/mol. The average molecular weight is 441 g/mol. The van der Waals surface area contributed by atoms with Crippen molar-refractivity contribution in [3.63, 3.8) is 0 Å². The molecule has 0 spiro atoms. The predicted molar refractivity (Wildman–Crippen MR) is 115 cm³/mol. The van der Waals surface area contributed by atoms with Gasteiger partial charge >= 0.3 is 0 Å². The van der Waals surface area contributed by atoms with Crippen molar-refractivity contribution in [3.8, 4) is 16.4 Å². The van der Waals surface area contributed by atoms with Crippen molar-refractivity contribution >= 4 is 33.7 Å². The largest absolute Gasteiger partial charge is 0.345 e. The lowest BCUT2D eigenvalue weighted by molar-refractivity contribution is 0.0734. The third kappa shape index (κ3) is 3.59. The molecule has 4 heterocycles. The Hall–Kier alpha value is -3.11. The van der Waals surface area contributed by atoms with Crippen molar-refractivity contribution in [2.75, 3.05) is 31.1 Å². The number of nitrogens with zero attached hydrogens (tertiary/aromatic N) is 6. The van der Waals surface area contributed by atoms with Gasteiger partial charge in [-0.05, 0) is 29.6 Å². The maximum absolute atomic E-state index is 13.8. The summed E-state index contributed by atoms with van der Waals surface area (Å²) in [5, 5.41) is 9.30. The highest BCUT2D eigenvalue weighted by molar-refractivity contribution is 7.13. The summed E-state index contributed by atoms with van der Waals surface area (Å²) in [5.41, 5.74) is 0.526. The number of hydrogen-bond donors (Lipinski definition) is 0. The second-order valence-corrected chi connectivity index (χ2v) is 8.54. The molecule has 7 nitrogen and oxygen atoms in total. The summed E-state index contributed by atoms with van der Waals surface area (Å²) in [4.78, 5) is 26.8. The number of aromatic nitrogens is 4. The van der Waals surface area contributed by atoms with Crippen LogP contribution < -0.4 is 4.90 Å². The lowest BCUT2D eigenvalue weighted by Gasteiger charge is -2.33. The van der Waals surface area contributed by atoms with Crippen molar-refractivity contribution in [2.24, 2.45) is 0 Å². The van der Waals surface area contributed by atoms with Crippen molar-refractivity contribution in [3.05, 3.63) is 65.0 Å². The molecule has 152 valence electrons. The van der Waals surface area contributed by atoms with Crippen molar-refractivity contribution in [1.82, 2.24) is 24.6 Å². The number of halogens is 1. The fraction of sp³-hybridized carbons (Fsp3) is 0.200. The van der Waals surface area contributed by atoms with E-state index in [4.69, 9.17) is 0 Å². The first-order valence-electron chi connectivity index (χ1n) is 9.39. The van der Waals surface area contributed by atoms with Gasteiger partial charge in [0, 0.05) is 37.8 Å². The third-order valence-corrected chi connectivity index (χ3v) is 6.55. The summed E-state index contributed by atoms with van der Waals surface area (Å²) in [7, 11) is 0. The first kappa shape index (κ1) is 18.9. The normalized spacial score (nSPS) is 14.3. The Morgan fingerprint density at radius 1 is 1.03 bits per heavy atom. The van der Waals surface area contributed by atoms with E-state index in [-0.39, 0.29) is 17.5 Å². The van der Waals surface area contributed by atoms with Crippen LogP contribution in [0.2, 0.25) is 0 Å². The molecule has 4 aromatic rings. The van der Waals surface area contributed by atoms with Crippen molar-refractivity contribution in [1.29, 1.82) is 0 Å². The molecule has 0 aliphatic carbocycles. The number of carbonyl (C=O) groups is 1. The molecule has 0 unspecified atom stereocenters. The number of hydrogen-bond acceptors (Lipinski definition) is 7. The van der Waals surface area contributed by atoms with Gasteiger partial charge in [-0.1, -0.05) is 12.1 Å². The smallest absolute Gasteiger partial charge is 0.293 e. The Morgan fingerprint density at radius 3 is 2.60 bits per heavy atom. The van der Waals surface area contributed by atoms with Crippen LogP contribution >= 0.6 is 22.7 Å². The number of carbonyl (C=O) groups excluding carboxylic acids is 1. The molecule has 1 aliphatic heterocycles. The number of piperazine rings is 1. The van der Waals surface area contributed by atoms with Crippen LogP contribution in [-0.2, 0) is 0 Å². The molecule has 1 saturated heterocycles. The number of thiazole rings is 1. The topological polar surface area (TPSA) is 67.2 Å². The molecular weight excluding hydrogens is 423 g/mol. The Kier molecular flexibility index (Phi) is 5.01. The van der Waals surface area contributed by atoms with Crippen LogP contribution in [0.5, 0.6) is 0 Å². The molecular formula is C20H17FN6OS2. The van der Waals surface area contributed by atoms with E-state index in [9.17, 15) is 9.18 Å². The van der Waals surface area contributed by atoms with Crippen molar-refractivity contribution < 1.29 is 9.18 Å². The summed E-state index contributed by atoms with van der Waals surface area (Å²) in [6, 6.07) is 9.93. The molecule has 0 N–H and O–H groups in total. The zero-order valence-electron chi connectivity index (χ0n) is 15.8. The van der Waals surface area contributed by atoms with Gasteiger partial charge < -0.3 is 9.80 Å². The number of thiophene rings is 1. The zero-order valence-corrected chi connectivity index (χ0v) is 17.4. The first-order chi connectivity index (χ1) is 14.7. The molecule has 0 atom stereocenters. The molecule has 1 amide bonds.